The number of hydrogen-bond acceptors (Lipinski definition) is 3. The number of nitrogens with zero attached hydrogens (tertiary/aromatic N) is 2. The molecule has 1 N–H and O–H groups in total. The molecule has 0 atom stereocenters. The number of rotatable bonds is 5. The fraction of sp³-hybridized carbons (Fsp3) is 0.765. The first-order chi connectivity index (χ1) is 10.0. The average Bonchev–Trinajstić information content (AvgIpc) is 2.49. The van der Waals surface area contributed by atoms with Crippen LogP contribution in [0.1, 0.15) is 70.3 Å². The lowest BCUT2D eigenvalue weighted by Crippen LogP contribution is -2.17. The van der Waals surface area contributed by atoms with Gasteiger partial charge in [0.25, 0.3) is 0 Å². The van der Waals surface area contributed by atoms with E-state index in [-0.39, 0.29) is 0 Å². The van der Waals surface area contributed by atoms with Crippen LogP contribution in [0.4, 0.5) is 5.82 Å². The SMILES string of the molecule is CCC1CCC(c2nc(CC(C)C)c(I)c(NC)n2)CC1. The molecule has 0 radical (unpaired) electrons. The Morgan fingerprint density at radius 2 is 1.86 bits per heavy atom. The highest BCUT2D eigenvalue weighted by Crippen LogP contribution is 2.36. The summed E-state index contributed by atoms with van der Waals surface area (Å²) in [4.78, 5) is 9.74. The Kier molecular flexibility index (Phi) is 6.26. The lowest BCUT2D eigenvalue weighted by Gasteiger charge is -2.27. The number of aromatic nitrogens is 2. The number of halogens is 1. The average molecular weight is 401 g/mol. The minimum atomic E-state index is 0.558. The summed E-state index contributed by atoms with van der Waals surface area (Å²) >= 11 is 2.38. The summed E-state index contributed by atoms with van der Waals surface area (Å²) in [5.41, 5.74) is 1.22. The molecule has 0 unspecified atom stereocenters. The van der Waals surface area contributed by atoms with E-state index < -0.39 is 0 Å². The highest BCUT2D eigenvalue weighted by molar-refractivity contribution is 14.1. The van der Waals surface area contributed by atoms with Crippen molar-refractivity contribution in [1.29, 1.82) is 0 Å². The van der Waals surface area contributed by atoms with Crippen molar-refractivity contribution in [3.05, 3.63) is 15.1 Å². The first-order valence-electron chi connectivity index (χ1n) is 8.29. The molecular weight excluding hydrogens is 373 g/mol. The molecule has 1 heterocycles. The summed E-state index contributed by atoms with van der Waals surface area (Å²) in [6.45, 7) is 6.82. The van der Waals surface area contributed by atoms with Crippen molar-refractivity contribution in [3.63, 3.8) is 0 Å². The van der Waals surface area contributed by atoms with E-state index in [2.05, 4.69) is 48.7 Å². The van der Waals surface area contributed by atoms with Crippen molar-refractivity contribution in [3.8, 4) is 0 Å². The fourth-order valence-corrected chi connectivity index (χ4v) is 3.94. The molecule has 3 nitrogen and oxygen atoms in total. The molecule has 1 aliphatic carbocycles. The van der Waals surface area contributed by atoms with Crippen LogP contribution in [-0.4, -0.2) is 17.0 Å². The molecule has 0 aromatic carbocycles. The molecule has 0 saturated heterocycles. The van der Waals surface area contributed by atoms with Crippen molar-refractivity contribution >= 4 is 28.4 Å². The Morgan fingerprint density at radius 3 is 2.38 bits per heavy atom. The van der Waals surface area contributed by atoms with E-state index in [9.17, 15) is 0 Å². The Hall–Kier alpha value is -0.390. The molecule has 2 rings (SSSR count). The smallest absolute Gasteiger partial charge is 0.143 e. The minimum Gasteiger partial charge on any atom is -0.372 e. The van der Waals surface area contributed by atoms with Crippen LogP contribution >= 0.6 is 22.6 Å². The molecule has 1 aromatic rings. The highest BCUT2D eigenvalue weighted by Gasteiger charge is 2.25. The van der Waals surface area contributed by atoms with Gasteiger partial charge in [-0.25, -0.2) is 9.97 Å². The van der Waals surface area contributed by atoms with Crippen LogP contribution in [0.2, 0.25) is 0 Å². The minimum absolute atomic E-state index is 0.558. The Bertz CT molecular complexity index is 465. The van der Waals surface area contributed by atoms with Crippen molar-refractivity contribution in [2.75, 3.05) is 12.4 Å². The summed E-state index contributed by atoms with van der Waals surface area (Å²) in [6, 6.07) is 0. The zero-order chi connectivity index (χ0) is 15.4. The summed E-state index contributed by atoms with van der Waals surface area (Å²) in [5, 5.41) is 3.25. The van der Waals surface area contributed by atoms with Crippen LogP contribution < -0.4 is 5.32 Å². The van der Waals surface area contributed by atoms with E-state index in [1.54, 1.807) is 0 Å². The summed E-state index contributed by atoms with van der Waals surface area (Å²) in [7, 11) is 1.96. The lowest BCUT2D eigenvalue weighted by atomic mass is 9.80. The van der Waals surface area contributed by atoms with Crippen LogP contribution in [0, 0.1) is 15.4 Å². The van der Waals surface area contributed by atoms with Gasteiger partial charge in [0, 0.05) is 13.0 Å². The van der Waals surface area contributed by atoms with Gasteiger partial charge in [0.2, 0.25) is 0 Å². The van der Waals surface area contributed by atoms with Crippen molar-refractivity contribution < 1.29 is 0 Å². The zero-order valence-electron chi connectivity index (χ0n) is 13.7. The van der Waals surface area contributed by atoms with Gasteiger partial charge in [0.1, 0.15) is 11.6 Å². The van der Waals surface area contributed by atoms with Gasteiger partial charge in [-0.1, -0.05) is 27.2 Å². The van der Waals surface area contributed by atoms with Gasteiger partial charge in [0.05, 0.1) is 9.26 Å². The molecule has 1 aromatic heterocycles. The fourth-order valence-electron chi connectivity index (χ4n) is 3.21. The molecule has 0 spiro atoms. The second kappa shape index (κ2) is 7.75. The third kappa shape index (κ3) is 4.30. The van der Waals surface area contributed by atoms with Gasteiger partial charge in [0.15, 0.2) is 0 Å². The third-order valence-corrected chi connectivity index (χ3v) is 5.70. The molecule has 1 fully saturated rings. The van der Waals surface area contributed by atoms with Gasteiger partial charge in [-0.3, -0.25) is 0 Å². The van der Waals surface area contributed by atoms with Gasteiger partial charge in [-0.2, -0.15) is 0 Å². The van der Waals surface area contributed by atoms with Crippen molar-refractivity contribution in [2.24, 2.45) is 11.8 Å². The molecule has 0 aliphatic heterocycles. The maximum atomic E-state index is 4.94. The Balaban J connectivity index is 2.23. The quantitative estimate of drug-likeness (QED) is 0.706. The number of hydrogen-bond donors (Lipinski definition) is 1. The normalized spacial score (nSPS) is 22.6. The molecule has 118 valence electrons. The summed E-state index contributed by atoms with van der Waals surface area (Å²) in [6.07, 6.45) is 7.54. The van der Waals surface area contributed by atoms with Crippen LogP contribution in [-0.2, 0) is 6.42 Å². The van der Waals surface area contributed by atoms with E-state index in [4.69, 9.17) is 9.97 Å². The maximum Gasteiger partial charge on any atom is 0.143 e. The standard InChI is InChI=1S/C17H28IN3/c1-5-12-6-8-13(9-7-12)16-20-14(10-11(2)3)15(18)17(19-4)21-16/h11-13H,5-10H2,1-4H3,(H,19,20,21). The largest absolute Gasteiger partial charge is 0.372 e. The van der Waals surface area contributed by atoms with Crippen LogP contribution in [0.25, 0.3) is 0 Å². The second-order valence-corrected chi connectivity index (χ2v) is 7.74. The van der Waals surface area contributed by atoms with Crippen LogP contribution in [0.15, 0.2) is 0 Å². The molecule has 4 heteroatoms. The molecule has 1 aliphatic rings. The van der Waals surface area contributed by atoms with Crippen LogP contribution in [0.5, 0.6) is 0 Å². The van der Waals surface area contributed by atoms with Gasteiger partial charge in [-0.05, 0) is 66.5 Å². The van der Waals surface area contributed by atoms with E-state index in [1.165, 1.54) is 41.4 Å². The predicted molar refractivity (Wildman–Crippen MR) is 97.8 cm³/mol. The first-order valence-corrected chi connectivity index (χ1v) is 9.37. The van der Waals surface area contributed by atoms with E-state index in [0.717, 1.165) is 24.0 Å². The zero-order valence-corrected chi connectivity index (χ0v) is 15.9. The highest BCUT2D eigenvalue weighted by atomic mass is 127. The molecule has 0 bridgehead atoms. The van der Waals surface area contributed by atoms with Crippen LogP contribution in [0.3, 0.4) is 0 Å². The molecule has 1 saturated carbocycles. The van der Waals surface area contributed by atoms with E-state index in [0.29, 0.717) is 11.8 Å². The number of nitrogens with one attached hydrogen (secondary N) is 1. The molecule has 0 amide bonds. The predicted octanol–water partition coefficient (Wildman–Crippen LogP) is 5.01. The van der Waals surface area contributed by atoms with E-state index >= 15 is 0 Å². The topological polar surface area (TPSA) is 37.8 Å². The monoisotopic (exact) mass is 401 g/mol. The van der Waals surface area contributed by atoms with Crippen molar-refractivity contribution in [1.82, 2.24) is 9.97 Å². The maximum absolute atomic E-state index is 4.94. The molecular formula is C17H28IN3. The van der Waals surface area contributed by atoms with Crippen molar-refractivity contribution in [2.45, 2.75) is 65.2 Å². The lowest BCUT2D eigenvalue weighted by molar-refractivity contribution is 0.312. The Morgan fingerprint density at radius 1 is 1.19 bits per heavy atom. The van der Waals surface area contributed by atoms with E-state index in [1.807, 2.05) is 7.05 Å². The Labute approximate surface area is 142 Å². The van der Waals surface area contributed by atoms with Gasteiger partial charge < -0.3 is 5.32 Å². The summed E-state index contributed by atoms with van der Waals surface area (Å²) in [5.74, 6) is 4.19. The van der Waals surface area contributed by atoms with Gasteiger partial charge in [-0.15, -0.1) is 0 Å². The van der Waals surface area contributed by atoms with Gasteiger partial charge >= 0.3 is 0 Å². The second-order valence-electron chi connectivity index (χ2n) is 6.66. The third-order valence-electron chi connectivity index (χ3n) is 4.56. The summed E-state index contributed by atoms with van der Waals surface area (Å²) < 4.78 is 1.19. The first kappa shape index (κ1) is 17.0. The number of anilines is 1. The molecule has 21 heavy (non-hydrogen) atoms.